The number of aryl methyl sites for hydroxylation is 1. The molecule has 6 aliphatic rings. The molecular weight excluding hydrogens is 1600 g/mol. The number of benzene rings is 8. The number of anilines is 7. The number of carbonyl (C=O) groups is 3. The van der Waals surface area contributed by atoms with Crippen molar-refractivity contribution in [2.75, 3.05) is 62.5 Å². The summed E-state index contributed by atoms with van der Waals surface area (Å²) in [5, 5.41) is 8.11. The number of amidine groups is 2. The number of hydrogen-bond acceptors (Lipinski definition) is 13. The number of aliphatic imine (C=N–C) groups is 2. The van der Waals surface area contributed by atoms with Gasteiger partial charge in [-0.15, -0.1) is 5.10 Å². The standard InChI is InChI=1S/C13H16N2O.2C12H16N2O.3C12H16N2.C11H14N2.C9H11N3.8C2H6/c1-9(2)15-10(3)13(16)14(4)11-7-5-6-8-12(11)15;1-9(2)14-8-10-6-4-5-7-11(10)13(3)12(14)15;1-9(2)14-11-7-5-4-6-10(11)8-13(3)12(14)15;1-9(2)14-10(3)13(4)11-7-5-6-8-12(11)14;1-9(2)14-8-11-6-4-5-7-12(11)13-10(14)3;1-9(2)14-10(3)13-8-11-6-4-5-7-12(11)14;1-8(2)13-9(3)12-10-6-4-5-7-11(10)13;1-7(2)12-9-6-4-3-5-8(9)10-11-12;8*1-2/h5-9H,3H2,1-2,4H3;2*4-7,9H,8H2,1-3H3;5-9H,3H2,1-2,4H3;2*4-7,9H,8H2,1-3H3;4-8H,1-3H3;3-7H,1-2H3;8*1-2H3. The number of imidazole rings is 1. The van der Waals surface area contributed by atoms with Crippen LogP contribution in [0.1, 0.15) is 276 Å². The Bertz CT molecular complexity index is 5000. The summed E-state index contributed by atoms with van der Waals surface area (Å²) in [5.41, 5.74) is 19.0. The number of likely N-dealkylation sites (N-methyl/N-ethyl adjacent to an activating group) is 1. The summed E-state index contributed by atoms with van der Waals surface area (Å²) in [6.07, 6.45) is 0. The second-order valence-electron chi connectivity index (χ2n) is 31.3. The molecule has 0 bridgehead atoms. The molecule has 6 aliphatic heterocycles. The Labute approximate surface area is 782 Å². The number of urea groups is 2. The number of fused-ring (bicyclic) bond motifs is 8. The number of hydrogen-bond donors (Lipinski definition) is 0. The van der Waals surface area contributed by atoms with Crippen LogP contribution in [0.25, 0.3) is 22.1 Å². The predicted octanol–water partition coefficient (Wildman–Crippen LogP) is 29.1. The zero-order valence-corrected chi connectivity index (χ0v) is 87.2. The molecule has 0 N–H and O–H groups in total. The van der Waals surface area contributed by atoms with Gasteiger partial charge in [0.05, 0.1) is 62.9 Å². The van der Waals surface area contributed by atoms with Gasteiger partial charge in [-0.1, -0.05) is 250 Å². The minimum atomic E-state index is -0.0348. The van der Waals surface area contributed by atoms with Crippen LogP contribution in [0.5, 0.6) is 0 Å². The molecule has 708 valence electrons. The van der Waals surface area contributed by atoms with E-state index in [0.29, 0.717) is 42.5 Å². The molecule has 0 atom stereocenters. The average molecular weight is 1770 g/mol. The van der Waals surface area contributed by atoms with Crippen LogP contribution in [0, 0.1) is 6.92 Å². The molecule has 20 nitrogen and oxygen atoms in total. The van der Waals surface area contributed by atoms with Gasteiger partial charge in [0.2, 0.25) is 0 Å². The first-order valence-corrected chi connectivity index (χ1v) is 47.7. The lowest BCUT2D eigenvalue weighted by Gasteiger charge is -2.39. The Balaban J connectivity index is 0.000000721. The second kappa shape index (κ2) is 59.6. The van der Waals surface area contributed by atoms with Gasteiger partial charge >= 0.3 is 12.1 Å². The van der Waals surface area contributed by atoms with Crippen LogP contribution in [0.4, 0.5) is 55.1 Å². The number of amides is 5. The molecule has 0 saturated carbocycles. The molecule has 129 heavy (non-hydrogen) atoms. The van der Waals surface area contributed by atoms with E-state index in [1.54, 1.807) is 21.7 Å². The second-order valence-corrected chi connectivity index (χ2v) is 31.3. The summed E-state index contributed by atoms with van der Waals surface area (Å²) in [7, 11) is 7.51. The number of rotatable bonds is 8. The van der Waals surface area contributed by atoms with E-state index in [0.717, 1.165) is 87.9 Å². The average Bonchev–Trinajstić information content (AvgIpc) is 1.46. The van der Waals surface area contributed by atoms with Gasteiger partial charge in [-0.25, -0.2) is 24.2 Å². The van der Waals surface area contributed by atoms with Gasteiger partial charge in [0, 0.05) is 102 Å². The Kier molecular flexibility index (Phi) is 53.3. The van der Waals surface area contributed by atoms with Crippen LogP contribution >= 0.6 is 0 Å². The first-order valence-electron chi connectivity index (χ1n) is 47.7. The Morgan fingerprint density at radius 1 is 0.326 bits per heavy atom. The van der Waals surface area contributed by atoms with Gasteiger partial charge in [-0.3, -0.25) is 19.6 Å². The van der Waals surface area contributed by atoms with E-state index in [9.17, 15) is 14.4 Å². The monoisotopic (exact) mass is 1760 g/mol. The normalized spacial score (nSPS) is 13.2. The van der Waals surface area contributed by atoms with Gasteiger partial charge in [0.1, 0.15) is 34.5 Å². The number of nitrogens with zero attached hydrogens (tertiary/aromatic N) is 17. The number of aromatic nitrogens is 5. The quantitative estimate of drug-likeness (QED) is 0.133. The largest absolute Gasteiger partial charge is 0.353 e. The van der Waals surface area contributed by atoms with Gasteiger partial charge in [0.15, 0.2) is 0 Å². The lowest BCUT2D eigenvalue weighted by Crippen LogP contribution is -2.48. The van der Waals surface area contributed by atoms with Crippen LogP contribution in [0.2, 0.25) is 0 Å². The van der Waals surface area contributed by atoms with Crippen LogP contribution in [-0.2, 0) is 31.0 Å². The summed E-state index contributed by atoms with van der Waals surface area (Å²) in [4.78, 5) is 69.4. The molecule has 0 spiro atoms. The van der Waals surface area contributed by atoms with Gasteiger partial charge in [-0.2, -0.15) is 0 Å². The zero-order valence-electron chi connectivity index (χ0n) is 87.2. The predicted molar refractivity (Wildman–Crippen MR) is 564 cm³/mol. The van der Waals surface area contributed by atoms with Crippen LogP contribution in [0.15, 0.2) is 229 Å². The molecule has 10 aromatic rings. The van der Waals surface area contributed by atoms with Crippen molar-refractivity contribution in [3.63, 3.8) is 0 Å². The topological polar surface area (TPSA) is 157 Å². The van der Waals surface area contributed by atoms with Crippen molar-refractivity contribution in [3.05, 3.63) is 247 Å². The molecule has 8 heterocycles. The third-order valence-electron chi connectivity index (χ3n) is 20.5. The highest BCUT2D eigenvalue weighted by atomic mass is 16.2. The van der Waals surface area contributed by atoms with Crippen molar-refractivity contribution in [1.29, 1.82) is 0 Å². The molecule has 5 amide bonds. The number of para-hydroxylation sites is 11. The molecule has 16 rings (SSSR count). The van der Waals surface area contributed by atoms with Crippen LogP contribution in [0.3, 0.4) is 0 Å². The summed E-state index contributed by atoms with van der Waals surface area (Å²) >= 11 is 0. The van der Waals surface area contributed by atoms with E-state index >= 15 is 0 Å². The minimum Gasteiger partial charge on any atom is -0.353 e. The van der Waals surface area contributed by atoms with E-state index in [1.165, 1.54) is 44.8 Å². The smallest absolute Gasteiger partial charge is 0.324 e. The van der Waals surface area contributed by atoms with Crippen molar-refractivity contribution >= 4 is 97.2 Å². The van der Waals surface area contributed by atoms with Crippen molar-refractivity contribution in [3.8, 4) is 0 Å². The van der Waals surface area contributed by atoms with Gasteiger partial charge in [0.25, 0.3) is 5.91 Å². The maximum atomic E-state index is 12.0. The van der Waals surface area contributed by atoms with E-state index in [-0.39, 0.29) is 36.1 Å². The van der Waals surface area contributed by atoms with E-state index in [1.807, 2.05) is 269 Å². The molecule has 8 aromatic carbocycles. The van der Waals surface area contributed by atoms with Crippen LogP contribution < -0.4 is 34.3 Å². The molecule has 20 heteroatoms. The summed E-state index contributed by atoms with van der Waals surface area (Å²) < 4.78 is 4.19. The highest BCUT2D eigenvalue weighted by Crippen LogP contribution is 2.42. The van der Waals surface area contributed by atoms with E-state index < -0.39 is 0 Å². The first kappa shape index (κ1) is 115. The van der Waals surface area contributed by atoms with Gasteiger partial charge in [-0.05, 0) is 227 Å². The van der Waals surface area contributed by atoms with E-state index in [2.05, 4.69) is 271 Å². The Hall–Kier alpha value is -11.5. The van der Waals surface area contributed by atoms with Crippen molar-refractivity contribution in [1.82, 2.24) is 39.2 Å². The first-order chi connectivity index (χ1) is 61.7. The molecule has 0 radical (unpaired) electrons. The van der Waals surface area contributed by atoms with Crippen molar-refractivity contribution in [2.45, 2.75) is 317 Å². The fourth-order valence-corrected chi connectivity index (χ4v) is 14.9. The maximum absolute atomic E-state index is 12.0. The van der Waals surface area contributed by atoms with Crippen LogP contribution in [-0.4, -0.2) is 133 Å². The lowest BCUT2D eigenvalue weighted by molar-refractivity contribution is -0.115. The third-order valence-corrected chi connectivity index (χ3v) is 20.5. The zero-order chi connectivity index (χ0) is 98.4. The Morgan fingerprint density at radius 3 is 1.19 bits per heavy atom. The molecular formula is C109H169N17O3. The fourth-order valence-electron chi connectivity index (χ4n) is 14.9. The molecule has 0 unspecified atom stereocenters. The van der Waals surface area contributed by atoms with E-state index in [4.69, 9.17) is 0 Å². The molecule has 0 aliphatic carbocycles. The molecule has 0 fully saturated rings. The fraction of sp³-hybridized carbons (Fsp3) is 0.468. The SMILES string of the molecule is C=C1C(=O)N(C)c2ccccc2N1C(C)C.C=C1N(C)c2ccccc2N1C(C)C.CC.CC.CC.CC.CC.CC.CC.CC.CC(C)N1C(=O)N(C)Cc2ccccc21.CC(C)N1Cc2ccccc2N(C)C1=O.CC(C)n1nnc2ccccc21.CC1=NCc2ccccc2N1C(C)C.CC1=Nc2ccccc2CN1C(C)C.Cc1nc2ccccc2n1C(C)C. The molecule has 0 saturated heterocycles. The minimum absolute atomic E-state index is 0.0348. The lowest BCUT2D eigenvalue weighted by atomic mass is 10.1. The maximum Gasteiger partial charge on any atom is 0.324 e. The van der Waals surface area contributed by atoms with Crippen molar-refractivity contribution < 1.29 is 14.4 Å². The van der Waals surface area contributed by atoms with Crippen molar-refractivity contribution in [2.24, 2.45) is 9.98 Å². The molecule has 2 aromatic heterocycles. The van der Waals surface area contributed by atoms with Gasteiger partial charge < -0.3 is 43.8 Å². The summed E-state index contributed by atoms with van der Waals surface area (Å²) in [6, 6.07) is 68.7. The highest BCUT2D eigenvalue weighted by Gasteiger charge is 2.34. The summed E-state index contributed by atoms with van der Waals surface area (Å²) in [5.74, 6) is 4.36. The summed E-state index contributed by atoms with van der Waals surface area (Å²) in [6.45, 7) is 83.4. The number of carbonyl (C=O) groups excluding carboxylic acids is 3. The third kappa shape index (κ3) is 30.8. The highest BCUT2D eigenvalue weighted by molar-refractivity contribution is 6.12. The Morgan fingerprint density at radius 2 is 0.713 bits per heavy atom.